The third-order valence-electron chi connectivity index (χ3n) is 2.86. The van der Waals surface area contributed by atoms with Gasteiger partial charge in [0.2, 0.25) is 10.0 Å². The van der Waals surface area contributed by atoms with E-state index in [1.54, 1.807) is 24.3 Å². The molecule has 0 aliphatic carbocycles. The highest BCUT2D eigenvalue weighted by molar-refractivity contribution is 7.89. The van der Waals surface area contributed by atoms with E-state index in [0.717, 1.165) is 0 Å². The standard InChI is InChI=1S/C11H15ClN2O2S/c1-9-8-13-6-7-14(9)17(15,16)11-5-3-2-4-10(11)12/h2-5,9,13H,6-8H2,1H3/t9-/m0/s1. The van der Waals surface area contributed by atoms with Crippen LogP contribution < -0.4 is 5.32 Å². The van der Waals surface area contributed by atoms with E-state index in [0.29, 0.717) is 19.6 Å². The van der Waals surface area contributed by atoms with Crippen LogP contribution in [0.4, 0.5) is 0 Å². The van der Waals surface area contributed by atoms with Gasteiger partial charge in [-0.2, -0.15) is 4.31 Å². The minimum Gasteiger partial charge on any atom is -0.314 e. The van der Waals surface area contributed by atoms with Gasteiger partial charge in [0, 0.05) is 25.7 Å². The van der Waals surface area contributed by atoms with Crippen molar-refractivity contribution in [1.82, 2.24) is 9.62 Å². The summed E-state index contributed by atoms with van der Waals surface area (Å²) in [6.45, 7) is 3.72. The first-order valence-corrected chi connectivity index (χ1v) is 7.32. The molecule has 0 saturated carbocycles. The van der Waals surface area contributed by atoms with E-state index in [2.05, 4.69) is 5.32 Å². The topological polar surface area (TPSA) is 49.4 Å². The number of halogens is 1. The molecule has 1 fully saturated rings. The number of hydrogen-bond donors (Lipinski definition) is 1. The Bertz CT molecular complexity index is 504. The van der Waals surface area contributed by atoms with Gasteiger partial charge in [-0.3, -0.25) is 0 Å². The van der Waals surface area contributed by atoms with Crippen molar-refractivity contribution in [3.63, 3.8) is 0 Å². The van der Waals surface area contributed by atoms with Crippen LogP contribution in [0.5, 0.6) is 0 Å². The Kier molecular flexibility index (Phi) is 3.73. The summed E-state index contributed by atoms with van der Waals surface area (Å²) in [5.41, 5.74) is 0. The molecule has 0 amide bonds. The van der Waals surface area contributed by atoms with Crippen LogP contribution in [-0.2, 0) is 10.0 Å². The number of nitrogens with zero attached hydrogens (tertiary/aromatic N) is 1. The highest BCUT2D eigenvalue weighted by Crippen LogP contribution is 2.25. The summed E-state index contributed by atoms with van der Waals surface area (Å²) >= 11 is 5.95. The summed E-state index contributed by atoms with van der Waals surface area (Å²) in [7, 11) is -3.48. The van der Waals surface area contributed by atoms with Gasteiger partial charge in [0.15, 0.2) is 0 Å². The second kappa shape index (κ2) is 4.94. The molecule has 1 aromatic carbocycles. The first kappa shape index (κ1) is 12.8. The zero-order valence-corrected chi connectivity index (χ0v) is 11.1. The lowest BCUT2D eigenvalue weighted by Gasteiger charge is -2.33. The van der Waals surface area contributed by atoms with Crippen LogP contribution in [0, 0.1) is 0 Å². The van der Waals surface area contributed by atoms with Crippen LogP contribution in [0.2, 0.25) is 5.02 Å². The van der Waals surface area contributed by atoms with E-state index >= 15 is 0 Å². The van der Waals surface area contributed by atoms with E-state index in [-0.39, 0.29) is 16.0 Å². The first-order chi connectivity index (χ1) is 8.03. The molecule has 1 heterocycles. The largest absolute Gasteiger partial charge is 0.314 e. The van der Waals surface area contributed by atoms with Crippen LogP contribution in [0.3, 0.4) is 0 Å². The maximum absolute atomic E-state index is 12.4. The molecule has 4 nitrogen and oxygen atoms in total. The summed E-state index contributed by atoms with van der Waals surface area (Å²) in [6.07, 6.45) is 0. The van der Waals surface area contributed by atoms with E-state index in [4.69, 9.17) is 11.6 Å². The molecule has 1 atom stereocenters. The number of benzene rings is 1. The predicted octanol–water partition coefficient (Wildman–Crippen LogP) is 1.32. The molecule has 6 heteroatoms. The zero-order valence-electron chi connectivity index (χ0n) is 9.56. The van der Waals surface area contributed by atoms with Gasteiger partial charge in [-0.05, 0) is 19.1 Å². The van der Waals surface area contributed by atoms with Gasteiger partial charge in [0.25, 0.3) is 0 Å². The maximum Gasteiger partial charge on any atom is 0.244 e. The van der Waals surface area contributed by atoms with Crippen molar-refractivity contribution in [3.8, 4) is 0 Å². The predicted molar refractivity (Wildman–Crippen MR) is 67.7 cm³/mol. The van der Waals surface area contributed by atoms with Gasteiger partial charge in [-0.1, -0.05) is 23.7 Å². The molecular weight excluding hydrogens is 260 g/mol. The lowest BCUT2D eigenvalue weighted by molar-refractivity contribution is 0.284. The minimum absolute atomic E-state index is 0.0509. The van der Waals surface area contributed by atoms with Gasteiger partial charge < -0.3 is 5.32 Å². The van der Waals surface area contributed by atoms with E-state index in [9.17, 15) is 8.42 Å². The molecule has 0 bridgehead atoms. The normalized spacial score (nSPS) is 22.6. The average Bonchev–Trinajstić information content (AvgIpc) is 2.29. The minimum atomic E-state index is -3.48. The highest BCUT2D eigenvalue weighted by Gasteiger charge is 2.31. The van der Waals surface area contributed by atoms with E-state index < -0.39 is 10.0 Å². The van der Waals surface area contributed by atoms with Crippen LogP contribution >= 0.6 is 11.6 Å². The van der Waals surface area contributed by atoms with Crippen molar-refractivity contribution in [1.29, 1.82) is 0 Å². The SMILES string of the molecule is C[C@H]1CNCCN1S(=O)(=O)c1ccccc1Cl. The van der Waals surface area contributed by atoms with E-state index in [1.165, 1.54) is 4.31 Å². The Labute approximate surface area is 107 Å². The Morgan fingerprint density at radius 3 is 2.76 bits per heavy atom. The molecule has 1 aliphatic rings. The summed E-state index contributed by atoms with van der Waals surface area (Å²) in [5, 5.41) is 3.44. The van der Waals surface area contributed by atoms with Gasteiger partial charge >= 0.3 is 0 Å². The molecule has 0 spiro atoms. The van der Waals surface area contributed by atoms with E-state index in [1.807, 2.05) is 6.92 Å². The van der Waals surface area contributed by atoms with Crippen molar-refractivity contribution < 1.29 is 8.42 Å². The Morgan fingerprint density at radius 2 is 2.12 bits per heavy atom. The zero-order chi connectivity index (χ0) is 12.5. The summed E-state index contributed by atoms with van der Waals surface area (Å²) < 4.78 is 26.4. The molecule has 0 unspecified atom stereocenters. The molecule has 94 valence electrons. The quantitative estimate of drug-likeness (QED) is 0.885. The van der Waals surface area contributed by atoms with Crippen LogP contribution in [0.15, 0.2) is 29.2 Å². The number of hydrogen-bond acceptors (Lipinski definition) is 3. The Balaban J connectivity index is 2.39. The molecule has 0 radical (unpaired) electrons. The van der Waals surface area contributed by atoms with Gasteiger partial charge in [0.05, 0.1) is 5.02 Å². The van der Waals surface area contributed by atoms with Crippen molar-refractivity contribution >= 4 is 21.6 Å². The Hall–Kier alpha value is -0.620. The molecule has 0 aromatic heterocycles. The van der Waals surface area contributed by atoms with Crippen LogP contribution in [0.25, 0.3) is 0 Å². The van der Waals surface area contributed by atoms with Crippen molar-refractivity contribution in [2.75, 3.05) is 19.6 Å². The number of sulfonamides is 1. The van der Waals surface area contributed by atoms with Crippen LogP contribution in [0.1, 0.15) is 6.92 Å². The molecule has 1 saturated heterocycles. The first-order valence-electron chi connectivity index (χ1n) is 5.50. The fourth-order valence-corrected chi connectivity index (χ4v) is 4.09. The van der Waals surface area contributed by atoms with Crippen LogP contribution in [-0.4, -0.2) is 38.4 Å². The smallest absolute Gasteiger partial charge is 0.244 e. The second-order valence-electron chi connectivity index (χ2n) is 4.10. The average molecular weight is 275 g/mol. The molecule has 1 aromatic rings. The molecular formula is C11H15ClN2O2S. The Morgan fingerprint density at radius 1 is 1.41 bits per heavy atom. The van der Waals surface area contributed by atoms with Crippen molar-refractivity contribution in [2.24, 2.45) is 0 Å². The van der Waals surface area contributed by atoms with Gasteiger partial charge in [-0.25, -0.2) is 8.42 Å². The number of nitrogens with one attached hydrogen (secondary N) is 1. The maximum atomic E-state index is 12.4. The highest BCUT2D eigenvalue weighted by atomic mass is 35.5. The van der Waals surface area contributed by atoms with Gasteiger partial charge in [-0.15, -0.1) is 0 Å². The fraction of sp³-hybridized carbons (Fsp3) is 0.455. The number of rotatable bonds is 2. The molecule has 17 heavy (non-hydrogen) atoms. The molecule has 2 rings (SSSR count). The lowest BCUT2D eigenvalue weighted by Crippen LogP contribution is -2.52. The lowest BCUT2D eigenvalue weighted by atomic mass is 10.3. The summed E-state index contributed by atoms with van der Waals surface area (Å²) in [6, 6.07) is 6.51. The third kappa shape index (κ3) is 2.47. The summed E-state index contributed by atoms with van der Waals surface area (Å²) in [4.78, 5) is 0.190. The molecule has 1 aliphatic heterocycles. The van der Waals surface area contributed by atoms with Crippen molar-refractivity contribution in [3.05, 3.63) is 29.3 Å². The molecule has 1 N–H and O–H groups in total. The second-order valence-corrected chi connectivity index (χ2v) is 6.37. The van der Waals surface area contributed by atoms with Gasteiger partial charge in [0.1, 0.15) is 4.90 Å². The third-order valence-corrected chi connectivity index (χ3v) is 5.38. The fourth-order valence-electron chi connectivity index (χ4n) is 1.96. The summed E-state index contributed by atoms with van der Waals surface area (Å²) in [5.74, 6) is 0. The monoisotopic (exact) mass is 274 g/mol. The number of piperazine rings is 1. The van der Waals surface area contributed by atoms with Crippen molar-refractivity contribution in [2.45, 2.75) is 17.9 Å².